The van der Waals surface area contributed by atoms with Gasteiger partial charge in [-0.2, -0.15) is 5.10 Å². The van der Waals surface area contributed by atoms with Crippen molar-refractivity contribution in [1.82, 2.24) is 14.7 Å². The zero-order valence-corrected chi connectivity index (χ0v) is 14.9. The monoisotopic (exact) mass is 334 g/mol. The lowest BCUT2D eigenvalue weighted by Gasteiger charge is -2.25. The fourth-order valence-electron chi connectivity index (χ4n) is 2.25. The van der Waals surface area contributed by atoms with Crippen LogP contribution in [0.5, 0.6) is 0 Å². The predicted molar refractivity (Wildman–Crippen MR) is 91.3 cm³/mol. The Balaban J connectivity index is 2.10. The molecule has 0 spiro atoms. The van der Waals surface area contributed by atoms with E-state index in [2.05, 4.69) is 10.4 Å². The highest BCUT2D eigenvalue weighted by Gasteiger charge is 2.25. The summed E-state index contributed by atoms with van der Waals surface area (Å²) in [6, 6.07) is 5.67. The molecule has 2 rings (SSSR count). The fraction of sp³-hybridized carbons (Fsp3) is 0.438. The Morgan fingerprint density at radius 3 is 2.52 bits per heavy atom. The third kappa shape index (κ3) is 4.19. The summed E-state index contributed by atoms with van der Waals surface area (Å²) < 4.78 is 1.54. The minimum Gasteiger partial charge on any atom is -0.327 e. The van der Waals surface area contributed by atoms with Crippen LogP contribution in [0.1, 0.15) is 29.3 Å². The van der Waals surface area contributed by atoms with Gasteiger partial charge in [0.25, 0.3) is 0 Å². The molecule has 2 amide bonds. The number of hydrogen-bond donors (Lipinski definition) is 1. The van der Waals surface area contributed by atoms with Crippen LogP contribution < -0.4 is 5.32 Å². The number of thiophene rings is 1. The van der Waals surface area contributed by atoms with E-state index in [4.69, 9.17) is 0 Å². The summed E-state index contributed by atoms with van der Waals surface area (Å²) in [6.07, 6.45) is 0. The summed E-state index contributed by atoms with van der Waals surface area (Å²) >= 11 is 1.63. The Morgan fingerprint density at radius 1 is 1.35 bits per heavy atom. The molecule has 0 bridgehead atoms. The quantitative estimate of drug-likeness (QED) is 0.874. The summed E-state index contributed by atoms with van der Waals surface area (Å²) in [5.41, 5.74) is 0.782. The van der Waals surface area contributed by atoms with E-state index < -0.39 is 11.8 Å². The first-order chi connectivity index (χ1) is 10.8. The lowest BCUT2D eigenvalue weighted by molar-refractivity contribution is -0.144. The van der Waals surface area contributed by atoms with Crippen LogP contribution in [0.2, 0.25) is 0 Å². The summed E-state index contributed by atoms with van der Waals surface area (Å²) in [7, 11) is 1.72. The van der Waals surface area contributed by atoms with Crippen molar-refractivity contribution in [1.29, 1.82) is 0 Å². The molecule has 0 aliphatic rings. The van der Waals surface area contributed by atoms with Gasteiger partial charge in [-0.3, -0.25) is 14.3 Å². The van der Waals surface area contributed by atoms with Crippen molar-refractivity contribution in [2.24, 2.45) is 7.05 Å². The van der Waals surface area contributed by atoms with Crippen molar-refractivity contribution >= 4 is 29.0 Å². The van der Waals surface area contributed by atoms with Gasteiger partial charge in [-0.15, -0.1) is 11.3 Å². The van der Waals surface area contributed by atoms with Crippen molar-refractivity contribution < 1.29 is 9.59 Å². The molecule has 0 saturated carbocycles. The molecule has 0 aliphatic carbocycles. The predicted octanol–water partition coefficient (Wildman–Crippen LogP) is 2.47. The lowest BCUT2D eigenvalue weighted by Crippen LogP contribution is -2.43. The van der Waals surface area contributed by atoms with Gasteiger partial charge < -0.3 is 10.2 Å². The van der Waals surface area contributed by atoms with E-state index in [1.54, 1.807) is 34.0 Å². The molecular formula is C16H22N4O2S. The maximum Gasteiger partial charge on any atom is 0.315 e. The molecule has 0 radical (unpaired) electrons. The van der Waals surface area contributed by atoms with E-state index in [1.807, 2.05) is 39.8 Å². The van der Waals surface area contributed by atoms with E-state index in [9.17, 15) is 9.59 Å². The van der Waals surface area contributed by atoms with Crippen LogP contribution in [0.25, 0.3) is 0 Å². The second kappa shape index (κ2) is 6.95. The number of anilines is 1. The van der Waals surface area contributed by atoms with Crippen LogP contribution in [-0.2, 0) is 23.2 Å². The smallest absolute Gasteiger partial charge is 0.315 e. The zero-order valence-electron chi connectivity index (χ0n) is 14.1. The van der Waals surface area contributed by atoms with Crippen molar-refractivity contribution in [3.8, 4) is 0 Å². The topological polar surface area (TPSA) is 67.2 Å². The first-order valence-electron chi connectivity index (χ1n) is 7.46. The highest BCUT2D eigenvalue weighted by Crippen LogP contribution is 2.19. The Labute approximate surface area is 140 Å². The summed E-state index contributed by atoms with van der Waals surface area (Å²) in [6.45, 7) is 8.09. The van der Waals surface area contributed by atoms with Gasteiger partial charge in [0.05, 0.1) is 12.2 Å². The highest BCUT2D eigenvalue weighted by molar-refractivity contribution is 7.11. The maximum absolute atomic E-state index is 12.5. The largest absolute Gasteiger partial charge is 0.327 e. The molecule has 1 N–H and O–H groups in total. The van der Waals surface area contributed by atoms with Crippen LogP contribution in [0, 0.1) is 13.8 Å². The summed E-state index contributed by atoms with van der Waals surface area (Å²) in [4.78, 5) is 28.6. The van der Waals surface area contributed by atoms with E-state index in [0.29, 0.717) is 12.4 Å². The minimum absolute atomic E-state index is 0.0658. The van der Waals surface area contributed by atoms with E-state index in [-0.39, 0.29) is 6.04 Å². The number of nitrogens with one attached hydrogen (secondary N) is 1. The second-order valence-electron chi connectivity index (χ2n) is 5.79. The van der Waals surface area contributed by atoms with Gasteiger partial charge in [0.15, 0.2) is 0 Å². The Bertz CT molecular complexity index is 717. The number of amides is 2. The lowest BCUT2D eigenvalue weighted by atomic mass is 10.2. The standard InChI is InChI=1S/C16H22N4O2S/c1-10(2)20(9-13-7-6-12(4)23-13)16(22)15(21)17-14-8-11(3)18-19(14)5/h6-8,10H,9H2,1-5H3,(H,17,21). The number of carbonyl (C=O) groups excluding carboxylic acids is 2. The van der Waals surface area contributed by atoms with Gasteiger partial charge in [0.1, 0.15) is 5.82 Å². The Hall–Kier alpha value is -2.15. The van der Waals surface area contributed by atoms with Crippen molar-refractivity contribution in [3.63, 3.8) is 0 Å². The molecule has 0 unspecified atom stereocenters. The third-order valence-electron chi connectivity index (χ3n) is 3.44. The van der Waals surface area contributed by atoms with Gasteiger partial charge >= 0.3 is 11.8 Å². The van der Waals surface area contributed by atoms with Gasteiger partial charge in [0, 0.05) is 28.9 Å². The van der Waals surface area contributed by atoms with Crippen LogP contribution in [-0.4, -0.2) is 32.5 Å². The number of aromatic nitrogens is 2. The van der Waals surface area contributed by atoms with Gasteiger partial charge in [0.2, 0.25) is 0 Å². The number of aryl methyl sites for hydroxylation is 3. The van der Waals surface area contributed by atoms with E-state index >= 15 is 0 Å². The molecular weight excluding hydrogens is 312 g/mol. The molecule has 7 heteroatoms. The average Bonchev–Trinajstić information content (AvgIpc) is 3.01. The molecule has 23 heavy (non-hydrogen) atoms. The van der Waals surface area contributed by atoms with E-state index in [1.165, 1.54) is 4.88 Å². The van der Waals surface area contributed by atoms with Crippen LogP contribution in [0.3, 0.4) is 0 Å². The van der Waals surface area contributed by atoms with Gasteiger partial charge in [-0.1, -0.05) is 0 Å². The Morgan fingerprint density at radius 2 is 2.04 bits per heavy atom. The normalized spacial score (nSPS) is 10.9. The molecule has 2 heterocycles. The maximum atomic E-state index is 12.5. The molecule has 2 aromatic rings. The summed E-state index contributed by atoms with van der Waals surface area (Å²) in [5.74, 6) is -0.670. The number of hydrogen-bond acceptors (Lipinski definition) is 4. The third-order valence-corrected chi connectivity index (χ3v) is 4.43. The Kier molecular flexibility index (Phi) is 5.20. The summed E-state index contributed by atoms with van der Waals surface area (Å²) in [5, 5.41) is 6.78. The minimum atomic E-state index is -0.644. The van der Waals surface area contributed by atoms with Crippen molar-refractivity contribution in [3.05, 3.63) is 33.6 Å². The molecule has 2 aromatic heterocycles. The molecule has 0 aliphatic heterocycles. The van der Waals surface area contributed by atoms with Crippen molar-refractivity contribution in [2.45, 2.75) is 40.3 Å². The van der Waals surface area contributed by atoms with E-state index in [0.717, 1.165) is 10.6 Å². The molecule has 0 aromatic carbocycles. The van der Waals surface area contributed by atoms with Gasteiger partial charge in [-0.25, -0.2) is 0 Å². The second-order valence-corrected chi connectivity index (χ2v) is 7.16. The molecule has 0 atom stereocenters. The average molecular weight is 334 g/mol. The van der Waals surface area contributed by atoms with Crippen molar-refractivity contribution in [2.75, 3.05) is 5.32 Å². The zero-order chi connectivity index (χ0) is 17.1. The number of carbonyl (C=O) groups is 2. The first kappa shape index (κ1) is 17.2. The molecule has 0 saturated heterocycles. The SMILES string of the molecule is Cc1cc(NC(=O)C(=O)N(Cc2ccc(C)s2)C(C)C)n(C)n1. The molecule has 124 valence electrons. The number of nitrogens with zero attached hydrogens (tertiary/aromatic N) is 3. The van der Waals surface area contributed by atoms with Crippen LogP contribution in [0.4, 0.5) is 5.82 Å². The van der Waals surface area contributed by atoms with Gasteiger partial charge in [-0.05, 0) is 39.8 Å². The first-order valence-corrected chi connectivity index (χ1v) is 8.27. The number of rotatable bonds is 4. The molecule has 0 fully saturated rings. The van der Waals surface area contributed by atoms with Crippen LogP contribution in [0.15, 0.2) is 18.2 Å². The molecule has 6 nitrogen and oxygen atoms in total. The highest BCUT2D eigenvalue weighted by atomic mass is 32.1. The fourth-order valence-corrected chi connectivity index (χ4v) is 3.14. The van der Waals surface area contributed by atoms with Crippen LogP contribution >= 0.6 is 11.3 Å².